The Kier molecular flexibility index (Phi) is 5.97. The summed E-state index contributed by atoms with van der Waals surface area (Å²) in [4.78, 5) is 24.7. The Bertz CT molecular complexity index is 258. The smallest absolute Gasteiger partial charge is 0.308 e. The van der Waals surface area contributed by atoms with E-state index >= 15 is 0 Å². The summed E-state index contributed by atoms with van der Waals surface area (Å²) in [6, 6.07) is 0. The molecule has 0 radical (unpaired) electrons. The lowest BCUT2D eigenvalue weighted by molar-refractivity contribution is -0.147. The van der Waals surface area contributed by atoms with Crippen LogP contribution in [0.2, 0.25) is 0 Å². The van der Waals surface area contributed by atoms with Gasteiger partial charge < -0.3 is 15.0 Å². The molecule has 0 aromatic rings. The van der Waals surface area contributed by atoms with E-state index in [4.69, 9.17) is 4.74 Å². The average molecular weight is 242 g/mol. The maximum Gasteiger partial charge on any atom is 0.308 e. The van der Waals surface area contributed by atoms with Crippen LogP contribution in [0.3, 0.4) is 0 Å². The first-order chi connectivity index (χ1) is 8.17. The Morgan fingerprint density at radius 2 is 2.00 bits per heavy atom. The largest absolute Gasteiger partial charge is 0.469 e. The molecule has 0 aromatic carbocycles. The summed E-state index contributed by atoms with van der Waals surface area (Å²) in [5, 5.41) is 2.61. The number of methoxy groups -OCH3 is 1. The zero-order valence-corrected chi connectivity index (χ0v) is 10.7. The number of piperidine rings is 1. The molecule has 17 heavy (non-hydrogen) atoms. The number of carbonyl (C=O) groups is 2. The van der Waals surface area contributed by atoms with Gasteiger partial charge in [0, 0.05) is 13.5 Å². The second kappa shape index (κ2) is 7.27. The molecule has 5 nitrogen and oxygen atoms in total. The van der Waals surface area contributed by atoms with E-state index in [1.165, 1.54) is 7.11 Å². The zero-order chi connectivity index (χ0) is 12.7. The van der Waals surface area contributed by atoms with Crippen molar-refractivity contribution >= 4 is 11.9 Å². The molecule has 1 N–H and O–H groups in total. The number of amides is 1. The molecule has 5 heteroatoms. The van der Waals surface area contributed by atoms with Crippen molar-refractivity contribution in [2.24, 2.45) is 5.92 Å². The van der Waals surface area contributed by atoms with E-state index in [9.17, 15) is 9.59 Å². The molecular weight excluding hydrogens is 220 g/mol. The van der Waals surface area contributed by atoms with E-state index in [1.807, 2.05) is 0 Å². The number of rotatable bonds is 5. The SMILES string of the molecule is CNC(=O)CCCN1CCC(C(=O)OC)CC1. The normalized spacial score (nSPS) is 17.8. The number of nitrogens with zero attached hydrogens (tertiary/aromatic N) is 1. The lowest BCUT2D eigenvalue weighted by Crippen LogP contribution is -2.37. The quantitative estimate of drug-likeness (QED) is 0.709. The van der Waals surface area contributed by atoms with Crippen LogP contribution in [0.25, 0.3) is 0 Å². The van der Waals surface area contributed by atoms with Crippen molar-refractivity contribution in [3.8, 4) is 0 Å². The number of ether oxygens (including phenoxy) is 1. The lowest BCUT2D eigenvalue weighted by atomic mass is 9.97. The molecule has 0 aliphatic carbocycles. The molecule has 1 heterocycles. The monoisotopic (exact) mass is 242 g/mol. The van der Waals surface area contributed by atoms with Gasteiger partial charge in [0.25, 0.3) is 0 Å². The van der Waals surface area contributed by atoms with E-state index in [1.54, 1.807) is 7.05 Å². The van der Waals surface area contributed by atoms with Gasteiger partial charge in [-0.15, -0.1) is 0 Å². The van der Waals surface area contributed by atoms with E-state index in [0.29, 0.717) is 6.42 Å². The fraction of sp³-hybridized carbons (Fsp3) is 0.833. The molecule has 1 fully saturated rings. The van der Waals surface area contributed by atoms with Gasteiger partial charge in [0.2, 0.25) is 5.91 Å². The van der Waals surface area contributed by atoms with Crippen LogP contribution < -0.4 is 5.32 Å². The first kappa shape index (κ1) is 14.0. The Hall–Kier alpha value is -1.10. The van der Waals surface area contributed by atoms with Crippen LogP contribution in [-0.4, -0.2) is 50.6 Å². The molecular formula is C12H22N2O3. The van der Waals surface area contributed by atoms with Crippen molar-refractivity contribution in [2.45, 2.75) is 25.7 Å². The summed E-state index contributed by atoms with van der Waals surface area (Å²) in [7, 11) is 3.10. The van der Waals surface area contributed by atoms with Gasteiger partial charge in [-0.2, -0.15) is 0 Å². The highest BCUT2D eigenvalue weighted by atomic mass is 16.5. The minimum atomic E-state index is -0.0880. The molecule has 1 aliphatic rings. The van der Waals surface area contributed by atoms with Gasteiger partial charge in [-0.05, 0) is 38.9 Å². The highest BCUT2D eigenvalue weighted by Gasteiger charge is 2.25. The molecule has 0 unspecified atom stereocenters. The van der Waals surface area contributed by atoms with Crippen LogP contribution in [0.15, 0.2) is 0 Å². The number of likely N-dealkylation sites (tertiary alicyclic amines) is 1. The Balaban J connectivity index is 2.15. The van der Waals surface area contributed by atoms with Crippen molar-refractivity contribution in [1.29, 1.82) is 0 Å². The predicted molar refractivity (Wildman–Crippen MR) is 64.5 cm³/mol. The first-order valence-electron chi connectivity index (χ1n) is 6.18. The average Bonchev–Trinajstić information content (AvgIpc) is 2.38. The van der Waals surface area contributed by atoms with Gasteiger partial charge in [-0.1, -0.05) is 0 Å². The highest BCUT2D eigenvalue weighted by molar-refractivity contribution is 5.75. The molecule has 1 aliphatic heterocycles. The maximum absolute atomic E-state index is 11.3. The minimum absolute atomic E-state index is 0.0650. The van der Waals surface area contributed by atoms with E-state index in [0.717, 1.165) is 38.9 Å². The molecule has 0 aromatic heterocycles. The van der Waals surface area contributed by atoms with E-state index in [-0.39, 0.29) is 17.8 Å². The molecule has 98 valence electrons. The molecule has 0 bridgehead atoms. The summed E-state index contributed by atoms with van der Waals surface area (Å²) in [6.45, 7) is 2.78. The fourth-order valence-corrected chi connectivity index (χ4v) is 2.15. The Labute approximate surface area is 102 Å². The van der Waals surface area contributed by atoms with Crippen LogP contribution in [0, 0.1) is 5.92 Å². The fourth-order valence-electron chi connectivity index (χ4n) is 2.15. The van der Waals surface area contributed by atoms with E-state index < -0.39 is 0 Å². The van der Waals surface area contributed by atoms with Gasteiger partial charge in [0.15, 0.2) is 0 Å². The van der Waals surface area contributed by atoms with Gasteiger partial charge in [-0.25, -0.2) is 0 Å². The number of nitrogens with one attached hydrogen (secondary N) is 1. The van der Waals surface area contributed by atoms with Crippen LogP contribution in [0.5, 0.6) is 0 Å². The third kappa shape index (κ3) is 4.73. The van der Waals surface area contributed by atoms with Gasteiger partial charge in [0.1, 0.15) is 0 Å². The van der Waals surface area contributed by atoms with Crippen molar-refractivity contribution in [1.82, 2.24) is 10.2 Å². The second-order valence-electron chi connectivity index (χ2n) is 4.42. The summed E-state index contributed by atoms with van der Waals surface area (Å²) >= 11 is 0. The molecule has 0 saturated carbocycles. The van der Waals surface area contributed by atoms with Crippen LogP contribution in [0.1, 0.15) is 25.7 Å². The Morgan fingerprint density at radius 1 is 1.35 bits per heavy atom. The third-order valence-corrected chi connectivity index (χ3v) is 3.28. The van der Waals surface area contributed by atoms with Crippen LogP contribution in [0.4, 0.5) is 0 Å². The van der Waals surface area contributed by atoms with Crippen molar-refractivity contribution < 1.29 is 14.3 Å². The number of esters is 1. The van der Waals surface area contributed by atoms with Gasteiger partial charge >= 0.3 is 5.97 Å². The molecule has 0 spiro atoms. The minimum Gasteiger partial charge on any atom is -0.469 e. The van der Waals surface area contributed by atoms with Crippen molar-refractivity contribution in [2.75, 3.05) is 33.8 Å². The summed E-state index contributed by atoms with van der Waals surface area (Å²) in [6.07, 6.45) is 3.19. The predicted octanol–water partition coefficient (Wildman–Crippen LogP) is 0.398. The number of hydrogen-bond acceptors (Lipinski definition) is 4. The summed E-state index contributed by atoms with van der Waals surface area (Å²) in [5.41, 5.74) is 0. The first-order valence-corrected chi connectivity index (χ1v) is 6.18. The second-order valence-corrected chi connectivity index (χ2v) is 4.42. The number of hydrogen-bond donors (Lipinski definition) is 1. The molecule has 1 amide bonds. The molecule has 0 atom stereocenters. The topological polar surface area (TPSA) is 58.6 Å². The highest BCUT2D eigenvalue weighted by Crippen LogP contribution is 2.18. The summed E-state index contributed by atoms with van der Waals surface area (Å²) in [5.74, 6) is 0.0691. The van der Waals surface area contributed by atoms with Crippen molar-refractivity contribution in [3.63, 3.8) is 0 Å². The van der Waals surface area contributed by atoms with Crippen LogP contribution in [-0.2, 0) is 14.3 Å². The number of carbonyl (C=O) groups excluding carboxylic acids is 2. The standard InChI is InChI=1S/C12H22N2O3/c1-13-11(15)4-3-7-14-8-5-10(6-9-14)12(16)17-2/h10H,3-9H2,1-2H3,(H,13,15). The lowest BCUT2D eigenvalue weighted by Gasteiger charge is -2.30. The zero-order valence-electron chi connectivity index (χ0n) is 10.7. The van der Waals surface area contributed by atoms with Crippen molar-refractivity contribution in [3.05, 3.63) is 0 Å². The van der Waals surface area contributed by atoms with Gasteiger partial charge in [0.05, 0.1) is 13.0 Å². The summed E-state index contributed by atoms with van der Waals surface area (Å²) < 4.78 is 4.74. The van der Waals surface area contributed by atoms with Gasteiger partial charge in [-0.3, -0.25) is 9.59 Å². The van der Waals surface area contributed by atoms with E-state index in [2.05, 4.69) is 10.2 Å². The van der Waals surface area contributed by atoms with Crippen LogP contribution >= 0.6 is 0 Å². The third-order valence-electron chi connectivity index (χ3n) is 3.28. The molecule has 1 rings (SSSR count). The Morgan fingerprint density at radius 3 is 2.53 bits per heavy atom. The molecule has 1 saturated heterocycles. The maximum atomic E-state index is 11.3.